The molecule has 0 atom stereocenters. The van der Waals surface area contributed by atoms with Crippen LogP contribution in [0.1, 0.15) is 12.5 Å². The molecule has 1 fully saturated rings. The first-order valence-corrected chi connectivity index (χ1v) is 6.51. The van der Waals surface area contributed by atoms with E-state index in [0.717, 1.165) is 16.7 Å². The van der Waals surface area contributed by atoms with Gasteiger partial charge in [0.1, 0.15) is 0 Å². The van der Waals surface area contributed by atoms with Gasteiger partial charge in [0.05, 0.1) is 12.0 Å². The summed E-state index contributed by atoms with van der Waals surface area (Å²) in [7, 11) is 1.45. The zero-order valence-electron chi connectivity index (χ0n) is 10.5. The van der Waals surface area contributed by atoms with Crippen molar-refractivity contribution in [3.05, 3.63) is 28.7 Å². The Morgan fingerprint density at radius 3 is 2.74 bits per heavy atom. The molecular formula is C13H13NO4S. The second-order valence-electron chi connectivity index (χ2n) is 3.82. The SMILES string of the molecule is CCN1C(=O)SC(=Cc2cccc(OC)c2O)C1=O. The third kappa shape index (κ3) is 2.44. The maximum absolute atomic E-state index is 11.9. The first-order valence-electron chi connectivity index (χ1n) is 5.69. The number of rotatable bonds is 3. The highest BCUT2D eigenvalue weighted by atomic mass is 32.2. The van der Waals surface area contributed by atoms with Crippen LogP contribution in [0.5, 0.6) is 11.5 Å². The first kappa shape index (κ1) is 13.5. The van der Waals surface area contributed by atoms with Gasteiger partial charge in [0.2, 0.25) is 0 Å². The molecule has 100 valence electrons. The smallest absolute Gasteiger partial charge is 0.293 e. The first-order chi connectivity index (χ1) is 9.08. The number of methoxy groups -OCH3 is 1. The lowest BCUT2D eigenvalue weighted by Crippen LogP contribution is -2.27. The summed E-state index contributed by atoms with van der Waals surface area (Å²) in [5.74, 6) is -0.0588. The van der Waals surface area contributed by atoms with Crippen LogP contribution in [0.4, 0.5) is 4.79 Å². The van der Waals surface area contributed by atoms with Gasteiger partial charge in [0, 0.05) is 12.1 Å². The van der Waals surface area contributed by atoms with Crippen LogP contribution in [-0.4, -0.2) is 34.8 Å². The summed E-state index contributed by atoms with van der Waals surface area (Å²) in [6.45, 7) is 2.08. The van der Waals surface area contributed by atoms with Crippen molar-refractivity contribution >= 4 is 29.0 Å². The summed E-state index contributed by atoms with van der Waals surface area (Å²) in [5, 5.41) is 9.65. The highest BCUT2D eigenvalue weighted by Gasteiger charge is 2.33. The van der Waals surface area contributed by atoms with Gasteiger partial charge in [-0.2, -0.15) is 0 Å². The van der Waals surface area contributed by atoms with E-state index in [4.69, 9.17) is 4.74 Å². The van der Waals surface area contributed by atoms with Crippen LogP contribution < -0.4 is 4.74 Å². The van der Waals surface area contributed by atoms with E-state index in [9.17, 15) is 14.7 Å². The number of ether oxygens (including phenoxy) is 1. The normalized spacial score (nSPS) is 17.4. The van der Waals surface area contributed by atoms with Crippen molar-refractivity contribution in [3.63, 3.8) is 0 Å². The van der Waals surface area contributed by atoms with E-state index >= 15 is 0 Å². The predicted molar refractivity (Wildman–Crippen MR) is 73.0 cm³/mol. The number of amides is 2. The summed E-state index contributed by atoms with van der Waals surface area (Å²) < 4.78 is 4.99. The minimum Gasteiger partial charge on any atom is -0.504 e. The second-order valence-corrected chi connectivity index (χ2v) is 4.82. The molecule has 1 aliphatic rings. The number of likely N-dealkylation sites (N-methyl/N-ethyl adjacent to an activating group) is 1. The molecule has 1 aliphatic heterocycles. The minimum absolute atomic E-state index is 0.0479. The van der Waals surface area contributed by atoms with Crippen molar-refractivity contribution in [2.75, 3.05) is 13.7 Å². The van der Waals surface area contributed by atoms with Crippen LogP contribution in [0.25, 0.3) is 6.08 Å². The van der Waals surface area contributed by atoms with Crippen LogP contribution in [0.15, 0.2) is 23.1 Å². The molecule has 1 heterocycles. The molecule has 0 bridgehead atoms. The van der Waals surface area contributed by atoms with Crippen molar-refractivity contribution < 1.29 is 19.4 Å². The van der Waals surface area contributed by atoms with Gasteiger partial charge in [-0.05, 0) is 30.8 Å². The lowest BCUT2D eigenvalue weighted by Gasteiger charge is -2.07. The highest BCUT2D eigenvalue weighted by molar-refractivity contribution is 8.18. The van der Waals surface area contributed by atoms with E-state index in [1.807, 2.05) is 0 Å². The summed E-state index contributed by atoms with van der Waals surface area (Å²) >= 11 is 0.870. The molecular weight excluding hydrogens is 266 g/mol. The van der Waals surface area contributed by atoms with Crippen LogP contribution >= 0.6 is 11.8 Å². The Hall–Kier alpha value is -1.95. The van der Waals surface area contributed by atoms with E-state index < -0.39 is 0 Å². The number of phenolic OH excluding ortho intramolecular Hbond substituents is 1. The maximum atomic E-state index is 11.9. The summed E-state index contributed by atoms with van der Waals surface area (Å²) in [5.41, 5.74) is 0.445. The predicted octanol–water partition coefficient (Wildman–Crippen LogP) is 2.46. The summed E-state index contributed by atoms with van der Waals surface area (Å²) in [6.07, 6.45) is 1.50. The van der Waals surface area contributed by atoms with Gasteiger partial charge in [-0.15, -0.1) is 0 Å². The van der Waals surface area contributed by atoms with Crippen molar-refractivity contribution in [2.45, 2.75) is 6.92 Å². The van der Waals surface area contributed by atoms with Crippen LogP contribution in [0, 0.1) is 0 Å². The Morgan fingerprint density at radius 2 is 2.16 bits per heavy atom. The van der Waals surface area contributed by atoms with Crippen LogP contribution in [-0.2, 0) is 4.79 Å². The molecule has 0 aromatic heterocycles. The Morgan fingerprint density at radius 1 is 1.42 bits per heavy atom. The molecule has 1 aromatic rings. The third-order valence-electron chi connectivity index (χ3n) is 2.73. The molecule has 0 aliphatic carbocycles. The highest BCUT2D eigenvalue weighted by Crippen LogP contribution is 2.36. The Kier molecular flexibility index (Phi) is 3.80. The van der Waals surface area contributed by atoms with Gasteiger partial charge in [0.15, 0.2) is 11.5 Å². The van der Waals surface area contributed by atoms with Crippen LogP contribution in [0.2, 0.25) is 0 Å². The number of phenols is 1. The topological polar surface area (TPSA) is 66.8 Å². The number of aromatic hydroxyl groups is 1. The number of carbonyl (C=O) groups excluding carboxylic acids is 2. The largest absolute Gasteiger partial charge is 0.504 e. The Labute approximate surface area is 114 Å². The standard InChI is InChI=1S/C13H13NO4S/c1-3-14-12(16)10(19-13(14)17)7-8-5-4-6-9(18-2)11(8)15/h4-7,15H,3H2,1-2H3. The number of para-hydroxylation sites is 1. The molecule has 6 heteroatoms. The number of imide groups is 1. The number of thioether (sulfide) groups is 1. The molecule has 0 saturated carbocycles. The average Bonchev–Trinajstić information content (AvgIpc) is 2.66. The van der Waals surface area contributed by atoms with Crippen molar-refractivity contribution in [2.24, 2.45) is 0 Å². The molecule has 2 rings (SSSR count). The zero-order valence-corrected chi connectivity index (χ0v) is 11.4. The van der Waals surface area contributed by atoms with Gasteiger partial charge in [-0.1, -0.05) is 12.1 Å². The van der Waals surface area contributed by atoms with Crippen molar-refractivity contribution in [1.29, 1.82) is 0 Å². The summed E-state index contributed by atoms with van der Waals surface area (Å²) in [6, 6.07) is 4.97. The fourth-order valence-electron chi connectivity index (χ4n) is 1.73. The van der Waals surface area contributed by atoms with Gasteiger partial charge < -0.3 is 9.84 Å². The van der Waals surface area contributed by atoms with E-state index in [-0.39, 0.29) is 16.9 Å². The van der Waals surface area contributed by atoms with E-state index in [0.29, 0.717) is 22.8 Å². The second kappa shape index (κ2) is 5.36. The van der Waals surface area contributed by atoms with Crippen molar-refractivity contribution in [3.8, 4) is 11.5 Å². The Balaban J connectivity index is 2.38. The van der Waals surface area contributed by atoms with Gasteiger partial charge in [0.25, 0.3) is 11.1 Å². The van der Waals surface area contributed by atoms with Gasteiger partial charge in [-0.3, -0.25) is 14.5 Å². The average molecular weight is 279 g/mol. The third-order valence-corrected chi connectivity index (χ3v) is 3.63. The number of benzene rings is 1. The Bertz CT molecular complexity index is 568. The van der Waals surface area contributed by atoms with Crippen molar-refractivity contribution in [1.82, 2.24) is 4.90 Å². The number of carbonyl (C=O) groups is 2. The fraction of sp³-hybridized carbons (Fsp3) is 0.231. The molecule has 5 nitrogen and oxygen atoms in total. The molecule has 2 amide bonds. The molecule has 0 unspecified atom stereocenters. The lowest BCUT2D eigenvalue weighted by atomic mass is 10.1. The fourth-order valence-corrected chi connectivity index (χ4v) is 2.63. The lowest BCUT2D eigenvalue weighted by molar-refractivity contribution is -0.122. The molecule has 0 radical (unpaired) electrons. The molecule has 1 aromatic carbocycles. The van der Waals surface area contributed by atoms with Gasteiger partial charge in [-0.25, -0.2) is 0 Å². The minimum atomic E-state index is -0.334. The number of hydrogen-bond acceptors (Lipinski definition) is 5. The zero-order chi connectivity index (χ0) is 14.0. The molecule has 1 saturated heterocycles. The quantitative estimate of drug-likeness (QED) is 0.861. The van der Waals surface area contributed by atoms with E-state index in [1.165, 1.54) is 13.2 Å². The number of nitrogens with zero attached hydrogens (tertiary/aromatic N) is 1. The molecule has 19 heavy (non-hydrogen) atoms. The molecule has 1 N–H and O–H groups in total. The van der Waals surface area contributed by atoms with E-state index in [1.54, 1.807) is 25.1 Å². The van der Waals surface area contributed by atoms with Crippen LogP contribution in [0.3, 0.4) is 0 Å². The molecule has 0 spiro atoms. The summed E-state index contributed by atoms with van der Waals surface area (Å²) in [4.78, 5) is 24.9. The number of hydrogen-bond donors (Lipinski definition) is 1. The monoisotopic (exact) mass is 279 g/mol. The maximum Gasteiger partial charge on any atom is 0.293 e. The van der Waals surface area contributed by atoms with Gasteiger partial charge >= 0.3 is 0 Å². The van der Waals surface area contributed by atoms with E-state index in [2.05, 4.69) is 0 Å².